The van der Waals surface area contributed by atoms with Gasteiger partial charge in [0.15, 0.2) is 0 Å². The van der Waals surface area contributed by atoms with E-state index in [1.54, 1.807) is 19.8 Å². The molecule has 7 heavy (non-hydrogen) atoms. The molecule has 0 heterocycles. The first kappa shape index (κ1) is 7.03. The van der Waals surface area contributed by atoms with Gasteiger partial charge in [-0.1, -0.05) is 0 Å². The average molecular weight is 280 g/mol. The molecule has 0 aromatic heterocycles. The molecule has 0 N–H and O–H groups in total. The van der Waals surface area contributed by atoms with Crippen molar-refractivity contribution >= 4 is 9.96 Å². The molecule has 0 amide bonds. The molecule has 43 valence electrons. The minimum atomic E-state index is -0.0903. The first-order valence-corrected chi connectivity index (χ1v) is 2.91. The van der Waals surface area contributed by atoms with Gasteiger partial charge in [0.05, 0.1) is 0 Å². The van der Waals surface area contributed by atoms with Gasteiger partial charge < -0.3 is 0 Å². The predicted molar refractivity (Wildman–Crippen MR) is 20.3 cm³/mol. The quantitative estimate of drug-likeness (QED) is 0.669. The first-order chi connectivity index (χ1) is 3.13. The second-order valence-electron chi connectivity index (χ2n) is 1.20. The molecular weight excluding hydrogens is 275 g/mol. The second kappa shape index (κ2) is 3.09. The van der Waals surface area contributed by atoms with Crippen LogP contribution < -0.4 is 0 Å². The van der Waals surface area contributed by atoms with Crippen molar-refractivity contribution < 1.29 is 29.4 Å². The van der Waals surface area contributed by atoms with Gasteiger partial charge in [-0.25, -0.2) is 0 Å². The van der Waals surface area contributed by atoms with Crippen LogP contribution in [0.1, 0.15) is 13.3 Å². The Hall–Kier alpha value is 0.0283. The molecule has 0 fully saturated rings. The second-order valence-corrected chi connectivity index (χ2v) is 2.47. The molecule has 0 rings (SSSR count). The molecule has 0 aromatic carbocycles. The monoisotopic (exact) mass is 280 g/mol. The van der Waals surface area contributed by atoms with Gasteiger partial charge in [0.1, 0.15) is 0 Å². The third-order valence-corrected chi connectivity index (χ3v) is 0.779. The Balaban J connectivity index is 3.32. The van der Waals surface area contributed by atoms with Crippen molar-refractivity contribution in [1.29, 1.82) is 0 Å². The Morgan fingerprint density at radius 2 is 2.00 bits per heavy atom. The van der Waals surface area contributed by atoms with E-state index >= 15 is 0 Å². The Kier molecular flexibility index (Phi) is 3.10. The van der Waals surface area contributed by atoms with Gasteiger partial charge in [-0.3, -0.25) is 0 Å². The summed E-state index contributed by atoms with van der Waals surface area (Å²) in [6.07, 6.45) is 0.0710. The van der Waals surface area contributed by atoms with Crippen molar-refractivity contribution in [3.05, 3.63) is 0 Å². The Labute approximate surface area is 53.2 Å². The summed E-state index contributed by atoms with van der Waals surface area (Å²) in [4.78, 5) is 20.0. The van der Waals surface area contributed by atoms with Crippen LogP contribution in [0.4, 0.5) is 0 Å². The summed E-state index contributed by atoms with van der Waals surface area (Å²) >= 11 is 1.58. The average Bonchev–Trinajstić information content (AvgIpc) is 1.27. The van der Waals surface area contributed by atoms with Crippen molar-refractivity contribution in [1.82, 2.24) is 0 Å². The fourth-order valence-corrected chi connectivity index (χ4v) is 0.746. The Morgan fingerprint density at radius 3 is 2.00 bits per heavy atom. The van der Waals surface area contributed by atoms with Crippen molar-refractivity contribution in [2.45, 2.75) is 13.3 Å². The van der Waals surface area contributed by atoms with Gasteiger partial charge >= 0.3 is 52.7 Å². The maximum absolute atomic E-state index is 10.0. The van der Waals surface area contributed by atoms with E-state index in [0.29, 0.717) is 0 Å². The van der Waals surface area contributed by atoms with E-state index in [-0.39, 0.29) is 16.4 Å². The SMILES string of the molecule is CC(=O)C[C](=O)[Pt]. The maximum atomic E-state index is 10.0. The van der Waals surface area contributed by atoms with Crippen LogP contribution in [0.5, 0.6) is 0 Å². The predicted octanol–water partition coefficient (Wildman–Crippen LogP) is 0.0389. The van der Waals surface area contributed by atoms with Crippen molar-refractivity contribution in [3.63, 3.8) is 0 Å². The Bertz CT molecular complexity index is 85.9. The number of carbonyl (C=O) groups excluding carboxylic acids is 2. The van der Waals surface area contributed by atoms with Crippen LogP contribution in [-0.2, 0) is 29.4 Å². The topological polar surface area (TPSA) is 34.1 Å². The molecule has 0 aliphatic carbocycles. The number of hydrogen-bond acceptors (Lipinski definition) is 2. The molecule has 0 aliphatic rings. The van der Waals surface area contributed by atoms with E-state index in [9.17, 15) is 9.59 Å². The van der Waals surface area contributed by atoms with E-state index in [1.165, 1.54) is 6.92 Å². The third kappa shape index (κ3) is 6.03. The van der Waals surface area contributed by atoms with Gasteiger partial charge in [0.25, 0.3) is 0 Å². The summed E-state index contributed by atoms with van der Waals surface area (Å²) in [5.41, 5.74) is 0. The fraction of sp³-hybridized carbons (Fsp3) is 0.500. The summed E-state index contributed by atoms with van der Waals surface area (Å²) in [5.74, 6) is -0.0694. The van der Waals surface area contributed by atoms with Crippen LogP contribution in [0.2, 0.25) is 0 Å². The molecule has 3 heteroatoms. The van der Waals surface area contributed by atoms with Gasteiger partial charge in [-0.15, -0.1) is 0 Å². The standard InChI is InChI=1S/C4H5O2.Pt/c1-4(6)2-3-5;/h2H2,1H3;. The third-order valence-electron chi connectivity index (χ3n) is 0.377. The number of carbonyl (C=O) groups is 2. The van der Waals surface area contributed by atoms with Gasteiger partial charge in [-0.2, -0.15) is 0 Å². The number of rotatable bonds is 2. The molecule has 0 aliphatic heterocycles. The van der Waals surface area contributed by atoms with Crippen LogP contribution >= 0.6 is 0 Å². The fourth-order valence-electron chi connectivity index (χ4n) is 0.180. The molecule has 0 saturated heterocycles. The number of hydrogen-bond donors (Lipinski definition) is 0. The Morgan fingerprint density at radius 1 is 1.57 bits per heavy atom. The number of Topliss-reactive ketones (excluding diaryl/α,β-unsaturated/α-hetero) is 1. The molecule has 2 nitrogen and oxygen atoms in total. The van der Waals surface area contributed by atoms with Crippen molar-refractivity contribution in [3.8, 4) is 0 Å². The normalized spacial score (nSPS) is 8.43. The van der Waals surface area contributed by atoms with Crippen molar-refractivity contribution in [2.24, 2.45) is 0 Å². The van der Waals surface area contributed by atoms with Crippen LogP contribution in [0.3, 0.4) is 0 Å². The summed E-state index contributed by atoms with van der Waals surface area (Å²) in [5, 5.41) is 0. The molecule has 0 aromatic rings. The molecule has 0 saturated carbocycles. The molecule has 0 unspecified atom stereocenters. The zero-order chi connectivity index (χ0) is 5.86. The summed E-state index contributed by atoms with van der Waals surface area (Å²) in [6.45, 7) is 1.40. The van der Waals surface area contributed by atoms with E-state index in [2.05, 4.69) is 0 Å². The van der Waals surface area contributed by atoms with E-state index in [0.717, 1.165) is 0 Å². The zero-order valence-electron chi connectivity index (χ0n) is 3.84. The van der Waals surface area contributed by atoms with E-state index in [4.69, 9.17) is 0 Å². The molecular formula is C4H5O2Pt. The van der Waals surface area contributed by atoms with E-state index in [1.807, 2.05) is 0 Å². The zero-order valence-corrected chi connectivity index (χ0v) is 6.11. The van der Waals surface area contributed by atoms with Gasteiger partial charge in [-0.05, 0) is 0 Å². The van der Waals surface area contributed by atoms with Crippen molar-refractivity contribution in [2.75, 3.05) is 0 Å². The molecule has 0 spiro atoms. The van der Waals surface area contributed by atoms with E-state index < -0.39 is 0 Å². The van der Waals surface area contributed by atoms with Crippen LogP contribution in [-0.4, -0.2) is 9.96 Å². The summed E-state index contributed by atoms with van der Waals surface area (Å²) in [7, 11) is 0. The van der Waals surface area contributed by atoms with Crippen LogP contribution in [0, 0.1) is 0 Å². The minimum absolute atomic E-state index is 0.0694. The summed E-state index contributed by atoms with van der Waals surface area (Å²) in [6, 6.07) is 0. The van der Waals surface area contributed by atoms with Gasteiger partial charge in [0, 0.05) is 0 Å². The molecule has 0 atom stereocenters. The summed E-state index contributed by atoms with van der Waals surface area (Å²) < 4.78 is -0.0903. The number of ketones is 1. The van der Waals surface area contributed by atoms with Crippen LogP contribution in [0.25, 0.3) is 0 Å². The first-order valence-electron chi connectivity index (χ1n) is 1.77. The molecule has 0 bridgehead atoms. The van der Waals surface area contributed by atoms with Crippen LogP contribution in [0.15, 0.2) is 0 Å². The molecule has 0 radical (unpaired) electrons. The van der Waals surface area contributed by atoms with Gasteiger partial charge in [0.2, 0.25) is 0 Å².